The summed E-state index contributed by atoms with van der Waals surface area (Å²) in [5, 5.41) is 6.83. The Morgan fingerprint density at radius 2 is 1.64 bits per heavy atom. The average Bonchev–Trinajstić information content (AvgIpc) is 3.08. The molecule has 0 saturated carbocycles. The highest BCUT2D eigenvalue weighted by Gasteiger charge is 2.35. The summed E-state index contributed by atoms with van der Waals surface area (Å²) in [7, 11) is -3.41. The van der Waals surface area contributed by atoms with Crippen LogP contribution in [0.4, 0.5) is 18.9 Å². The molecule has 3 rings (SSSR count). The Balaban J connectivity index is 2.10. The van der Waals surface area contributed by atoms with Crippen molar-refractivity contribution in [3.05, 3.63) is 60.3 Å². The lowest BCUT2D eigenvalue weighted by Crippen LogP contribution is -2.07. The van der Waals surface area contributed by atoms with Gasteiger partial charge in [0.2, 0.25) is 0 Å². The van der Waals surface area contributed by atoms with Crippen molar-refractivity contribution in [2.45, 2.75) is 18.0 Å². The van der Waals surface area contributed by atoms with Gasteiger partial charge in [0.1, 0.15) is 0 Å². The summed E-state index contributed by atoms with van der Waals surface area (Å²) < 4.78 is 64.1. The Morgan fingerprint density at radius 3 is 2.14 bits per heavy atom. The first-order valence-corrected chi connectivity index (χ1v) is 10.3. The SMILES string of the molecule is CCNc1ccc(-c2cc(C(F)(F)F)nn2-c2ccc(S(C)(=O)=O)cc2)cc1. The third-order valence-corrected chi connectivity index (χ3v) is 5.20. The zero-order chi connectivity index (χ0) is 20.5. The van der Waals surface area contributed by atoms with Crippen LogP contribution in [0.1, 0.15) is 12.6 Å². The molecule has 5 nitrogen and oxygen atoms in total. The maximum absolute atomic E-state index is 13.2. The summed E-state index contributed by atoms with van der Waals surface area (Å²) in [6.07, 6.45) is -3.54. The zero-order valence-corrected chi connectivity index (χ0v) is 16.0. The quantitative estimate of drug-likeness (QED) is 0.679. The normalized spacial score (nSPS) is 12.2. The van der Waals surface area contributed by atoms with Gasteiger partial charge in [-0.05, 0) is 49.4 Å². The van der Waals surface area contributed by atoms with Gasteiger partial charge in [-0.2, -0.15) is 18.3 Å². The van der Waals surface area contributed by atoms with Crippen molar-refractivity contribution in [1.82, 2.24) is 9.78 Å². The first-order chi connectivity index (χ1) is 13.1. The summed E-state index contributed by atoms with van der Waals surface area (Å²) in [6, 6.07) is 13.5. The van der Waals surface area contributed by atoms with Gasteiger partial charge in [0.05, 0.1) is 16.3 Å². The van der Waals surface area contributed by atoms with E-state index in [-0.39, 0.29) is 10.6 Å². The molecule has 0 atom stereocenters. The average molecular weight is 409 g/mol. The van der Waals surface area contributed by atoms with Gasteiger partial charge >= 0.3 is 6.18 Å². The molecule has 0 radical (unpaired) electrons. The predicted octanol–water partition coefficient (Wildman–Crippen LogP) is 4.39. The van der Waals surface area contributed by atoms with Crippen molar-refractivity contribution in [1.29, 1.82) is 0 Å². The van der Waals surface area contributed by atoms with Gasteiger partial charge in [-0.3, -0.25) is 0 Å². The second-order valence-corrected chi connectivity index (χ2v) is 8.21. The van der Waals surface area contributed by atoms with E-state index in [9.17, 15) is 21.6 Å². The van der Waals surface area contributed by atoms with Crippen molar-refractivity contribution >= 4 is 15.5 Å². The van der Waals surface area contributed by atoms with E-state index in [4.69, 9.17) is 0 Å². The Hall–Kier alpha value is -2.81. The maximum atomic E-state index is 13.2. The molecule has 2 aromatic carbocycles. The van der Waals surface area contributed by atoms with Crippen LogP contribution in [0.15, 0.2) is 59.5 Å². The molecule has 0 aliphatic carbocycles. The van der Waals surface area contributed by atoms with Crippen molar-refractivity contribution in [2.24, 2.45) is 0 Å². The predicted molar refractivity (Wildman–Crippen MR) is 101 cm³/mol. The number of hydrogen-bond acceptors (Lipinski definition) is 4. The maximum Gasteiger partial charge on any atom is 0.435 e. The molecule has 0 aliphatic heterocycles. The molecule has 3 aromatic rings. The Labute approximate surface area is 160 Å². The van der Waals surface area contributed by atoms with Crippen LogP contribution in [-0.2, 0) is 16.0 Å². The Kier molecular flexibility index (Phi) is 5.20. The molecular formula is C19H18F3N3O2S. The van der Waals surface area contributed by atoms with E-state index in [1.165, 1.54) is 24.3 Å². The van der Waals surface area contributed by atoms with E-state index in [1.54, 1.807) is 24.3 Å². The first-order valence-electron chi connectivity index (χ1n) is 8.41. The van der Waals surface area contributed by atoms with E-state index in [0.29, 0.717) is 11.3 Å². The number of aromatic nitrogens is 2. The summed E-state index contributed by atoms with van der Waals surface area (Å²) in [6.45, 7) is 2.67. The van der Waals surface area contributed by atoms with Crippen LogP contribution >= 0.6 is 0 Å². The van der Waals surface area contributed by atoms with Crippen LogP contribution in [0, 0.1) is 0 Å². The highest BCUT2D eigenvalue weighted by atomic mass is 32.2. The molecule has 1 N–H and O–H groups in total. The monoisotopic (exact) mass is 409 g/mol. The van der Waals surface area contributed by atoms with Gasteiger partial charge in [0.25, 0.3) is 0 Å². The van der Waals surface area contributed by atoms with E-state index >= 15 is 0 Å². The van der Waals surface area contributed by atoms with Gasteiger partial charge in [-0.15, -0.1) is 0 Å². The van der Waals surface area contributed by atoms with Crippen LogP contribution < -0.4 is 5.32 Å². The Morgan fingerprint density at radius 1 is 1.04 bits per heavy atom. The van der Waals surface area contributed by atoms with Crippen molar-refractivity contribution in [2.75, 3.05) is 18.1 Å². The molecule has 9 heteroatoms. The third-order valence-electron chi connectivity index (χ3n) is 4.07. The number of hydrogen-bond donors (Lipinski definition) is 1. The largest absolute Gasteiger partial charge is 0.435 e. The number of anilines is 1. The highest BCUT2D eigenvalue weighted by molar-refractivity contribution is 7.90. The van der Waals surface area contributed by atoms with Gasteiger partial charge in [-0.25, -0.2) is 13.1 Å². The smallest absolute Gasteiger partial charge is 0.385 e. The molecule has 0 saturated heterocycles. The molecule has 1 heterocycles. The molecule has 1 aromatic heterocycles. The Bertz CT molecular complexity index is 1070. The molecular weight excluding hydrogens is 391 g/mol. The number of alkyl halides is 3. The second-order valence-electron chi connectivity index (χ2n) is 6.20. The topological polar surface area (TPSA) is 64.0 Å². The van der Waals surface area contributed by atoms with Gasteiger partial charge in [0.15, 0.2) is 15.5 Å². The lowest BCUT2D eigenvalue weighted by atomic mass is 10.1. The summed E-state index contributed by atoms with van der Waals surface area (Å²) >= 11 is 0. The number of benzene rings is 2. The fourth-order valence-corrected chi connectivity index (χ4v) is 3.35. The number of rotatable bonds is 5. The van der Waals surface area contributed by atoms with E-state index < -0.39 is 21.7 Å². The first kappa shape index (κ1) is 19.9. The number of halogens is 3. The minimum atomic E-state index is -4.60. The van der Waals surface area contributed by atoms with Crippen LogP contribution in [-0.4, -0.2) is 31.0 Å². The van der Waals surface area contributed by atoms with E-state index in [0.717, 1.165) is 29.2 Å². The minimum Gasteiger partial charge on any atom is -0.385 e. The minimum absolute atomic E-state index is 0.0796. The van der Waals surface area contributed by atoms with Crippen molar-refractivity contribution < 1.29 is 21.6 Å². The van der Waals surface area contributed by atoms with Crippen LogP contribution in [0.3, 0.4) is 0 Å². The molecule has 0 aliphatic rings. The standard InChI is InChI=1S/C19H18F3N3O2S/c1-3-23-14-6-4-13(5-7-14)17-12-18(19(20,21)22)24-25(17)15-8-10-16(11-9-15)28(2,26)27/h4-12,23H,3H2,1-2H3. The molecule has 0 amide bonds. The number of nitrogens with zero attached hydrogens (tertiary/aromatic N) is 2. The lowest BCUT2D eigenvalue weighted by Gasteiger charge is -2.09. The van der Waals surface area contributed by atoms with E-state index in [2.05, 4.69) is 10.4 Å². The summed E-state index contributed by atoms with van der Waals surface area (Å²) in [5.41, 5.74) is 0.962. The van der Waals surface area contributed by atoms with Crippen LogP contribution in [0.5, 0.6) is 0 Å². The van der Waals surface area contributed by atoms with Crippen LogP contribution in [0.25, 0.3) is 16.9 Å². The molecule has 0 unspecified atom stereocenters. The second kappa shape index (κ2) is 7.31. The fourth-order valence-electron chi connectivity index (χ4n) is 2.72. The number of nitrogens with one attached hydrogen (secondary N) is 1. The molecule has 0 spiro atoms. The van der Waals surface area contributed by atoms with Crippen LogP contribution in [0.2, 0.25) is 0 Å². The zero-order valence-electron chi connectivity index (χ0n) is 15.2. The molecule has 0 fully saturated rings. The summed E-state index contributed by atoms with van der Waals surface area (Å²) in [4.78, 5) is 0.0796. The molecule has 148 valence electrons. The fraction of sp³-hybridized carbons (Fsp3) is 0.211. The third kappa shape index (κ3) is 4.19. The van der Waals surface area contributed by atoms with Crippen molar-refractivity contribution in [3.63, 3.8) is 0 Å². The molecule has 0 bridgehead atoms. The molecule has 28 heavy (non-hydrogen) atoms. The highest BCUT2D eigenvalue weighted by Crippen LogP contribution is 2.33. The summed E-state index contributed by atoms with van der Waals surface area (Å²) in [5.74, 6) is 0. The van der Waals surface area contributed by atoms with E-state index in [1.807, 2.05) is 6.92 Å². The van der Waals surface area contributed by atoms with Gasteiger partial charge in [-0.1, -0.05) is 12.1 Å². The van der Waals surface area contributed by atoms with Crippen molar-refractivity contribution in [3.8, 4) is 16.9 Å². The van der Waals surface area contributed by atoms with Gasteiger partial charge < -0.3 is 5.32 Å². The lowest BCUT2D eigenvalue weighted by molar-refractivity contribution is -0.141. The van der Waals surface area contributed by atoms with Gasteiger partial charge in [0, 0.05) is 24.1 Å². The number of sulfone groups is 1.